The minimum atomic E-state index is -0.548. The number of aromatic nitrogens is 4. The van der Waals surface area contributed by atoms with Crippen molar-refractivity contribution in [3.63, 3.8) is 0 Å². The Hall–Kier alpha value is -4.18. The molecule has 0 N–H and O–H groups in total. The fourth-order valence-corrected chi connectivity index (χ4v) is 3.30. The highest BCUT2D eigenvalue weighted by Gasteiger charge is 2.17. The number of ether oxygens (including phenoxy) is 1. The standard InChI is InChI=1S/C26H24N4O3/c1-26(2,3)33-25(32)22-10-7-20(8-11-22)18-29-15-12-21-9-6-19(17-23(21)24(29)31)5-4-14-30-16-13-27-28-30/h6-13,15-17H,14,18H2,1-3H3. The Morgan fingerprint density at radius 2 is 1.85 bits per heavy atom. The van der Waals surface area contributed by atoms with E-state index in [1.54, 1.807) is 40.0 Å². The van der Waals surface area contributed by atoms with Crippen molar-refractivity contribution in [1.29, 1.82) is 0 Å². The van der Waals surface area contributed by atoms with Crippen LogP contribution in [0.15, 0.2) is 71.9 Å². The van der Waals surface area contributed by atoms with Gasteiger partial charge in [0.1, 0.15) is 12.1 Å². The number of benzene rings is 2. The minimum absolute atomic E-state index is 0.0938. The fourth-order valence-electron chi connectivity index (χ4n) is 3.30. The third-order valence-electron chi connectivity index (χ3n) is 4.87. The molecule has 7 heteroatoms. The number of esters is 1. The number of nitrogens with zero attached hydrogens (tertiary/aromatic N) is 4. The first-order valence-electron chi connectivity index (χ1n) is 10.6. The van der Waals surface area contributed by atoms with Gasteiger partial charge < -0.3 is 9.30 Å². The Morgan fingerprint density at radius 3 is 2.55 bits per heavy atom. The highest BCUT2D eigenvalue weighted by molar-refractivity contribution is 5.89. The molecule has 0 fully saturated rings. The molecule has 0 unspecified atom stereocenters. The van der Waals surface area contributed by atoms with Crippen LogP contribution in [-0.4, -0.2) is 31.1 Å². The SMILES string of the molecule is CC(C)(C)OC(=O)c1ccc(Cn2ccc3ccc(C#CCn4ccnn4)cc3c2=O)cc1. The van der Waals surface area contributed by atoms with Gasteiger partial charge in [-0.3, -0.25) is 4.79 Å². The summed E-state index contributed by atoms with van der Waals surface area (Å²) < 4.78 is 8.68. The quantitative estimate of drug-likeness (QED) is 0.358. The molecule has 0 aliphatic heterocycles. The lowest BCUT2D eigenvalue weighted by atomic mass is 10.1. The van der Waals surface area contributed by atoms with E-state index in [-0.39, 0.29) is 11.5 Å². The highest BCUT2D eigenvalue weighted by Crippen LogP contribution is 2.15. The zero-order chi connectivity index (χ0) is 23.4. The first kappa shape index (κ1) is 22.0. The van der Waals surface area contributed by atoms with Gasteiger partial charge >= 0.3 is 5.97 Å². The summed E-state index contributed by atoms with van der Waals surface area (Å²) in [6.07, 6.45) is 5.13. The molecule has 0 saturated heterocycles. The van der Waals surface area contributed by atoms with Crippen molar-refractivity contribution in [3.05, 3.63) is 94.2 Å². The van der Waals surface area contributed by atoms with Crippen molar-refractivity contribution >= 4 is 16.7 Å². The van der Waals surface area contributed by atoms with E-state index in [0.29, 0.717) is 24.0 Å². The number of hydrogen-bond acceptors (Lipinski definition) is 5. The molecule has 0 atom stereocenters. The van der Waals surface area contributed by atoms with Gasteiger partial charge in [0.05, 0.1) is 18.3 Å². The number of carbonyl (C=O) groups is 1. The zero-order valence-corrected chi connectivity index (χ0v) is 18.8. The average molecular weight is 441 g/mol. The maximum atomic E-state index is 13.1. The van der Waals surface area contributed by atoms with Crippen LogP contribution in [0.5, 0.6) is 0 Å². The third kappa shape index (κ3) is 5.55. The van der Waals surface area contributed by atoms with Crippen LogP contribution in [0, 0.1) is 11.8 Å². The summed E-state index contributed by atoms with van der Waals surface area (Å²) in [5, 5.41) is 9.09. The van der Waals surface area contributed by atoms with Gasteiger partial charge in [-0.15, -0.1) is 5.10 Å². The molecule has 0 aliphatic carbocycles. The molecule has 0 saturated carbocycles. The minimum Gasteiger partial charge on any atom is -0.456 e. The molecule has 0 bridgehead atoms. The van der Waals surface area contributed by atoms with Crippen molar-refractivity contribution in [1.82, 2.24) is 19.6 Å². The number of fused-ring (bicyclic) bond motifs is 1. The monoisotopic (exact) mass is 440 g/mol. The van der Waals surface area contributed by atoms with Crippen LogP contribution in [-0.2, 0) is 17.8 Å². The Morgan fingerprint density at radius 1 is 1.06 bits per heavy atom. The van der Waals surface area contributed by atoms with Crippen LogP contribution in [0.3, 0.4) is 0 Å². The maximum absolute atomic E-state index is 13.1. The van der Waals surface area contributed by atoms with E-state index in [0.717, 1.165) is 16.5 Å². The van der Waals surface area contributed by atoms with E-state index in [1.165, 1.54) is 0 Å². The molecule has 4 rings (SSSR count). The topological polar surface area (TPSA) is 79.0 Å². The molecule has 4 aromatic rings. The lowest BCUT2D eigenvalue weighted by molar-refractivity contribution is 0.00695. The van der Waals surface area contributed by atoms with Gasteiger partial charge in [-0.25, -0.2) is 9.48 Å². The predicted molar refractivity (Wildman–Crippen MR) is 126 cm³/mol. The molecule has 0 radical (unpaired) electrons. The molecular formula is C26H24N4O3. The van der Waals surface area contributed by atoms with E-state index in [4.69, 9.17) is 4.74 Å². The Kier molecular flexibility index (Phi) is 6.09. The lowest BCUT2D eigenvalue weighted by Gasteiger charge is -2.19. The van der Waals surface area contributed by atoms with E-state index in [9.17, 15) is 9.59 Å². The summed E-state index contributed by atoms with van der Waals surface area (Å²) in [6.45, 7) is 6.32. The molecular weight excluding hydrogens is 416 g/mol. The summed E-state index contributed by atoms with van der Waals surface area (Å²) in [5.41, 5.74) is 1.51. The van der Waals surface area contributed by atoms with E-state index in [1.807, 2.05) is 57.2 Å². The molecule has 2 heterocycles. The maximum Gasteiger partial charge on any atom is 0.338 e. The Balaban J connectivity index is 1.53. The average Bonchev–Trinajstić information content (AvgIpc) is 3.29. The van der Waals surface area contributed by atoms with Crippen LogP contribution in [0.4, 0.5) is 0 Å². The van der Waals surface area contributed by atoms with Crippen LogP contribution in [0.25, 0.3) is 10.8 Å². The second kappa shape index (κ2) is 9.13. The molecule has 2 aromatic heterocycles. The van der Waals surface area contributed by atoms with Crippen LogP contribution in [0.1, 0.15) is 42.3 Å². The first-order valence-corrected chi connectivity index (χ1v) is 10.6. The van der Waals surface area contributed by atoms with Crippen LogP contribution < -0.4 is 5.56 Å². The zero-order valence-electron chi connectivity index (χ0n) is 18.8. The summed E-state index contributed by atoms with van der Waals surface area (Å²) in [4.78, 5) is 25.3. The number of carbonyl (C=O) groups excluding carboxylic acids is 1. The molecule has 33 heavy (non-hydrogen) atoms. The number of hydrogen-bond donors (Lipinski definition) is 0. The number of pyridine rings is 1. The normalized spacial score (nSPS) is 11.1. The van der Waals surface area contributed by atoms with Gasteiger partial charge in [0.2, 0.25) is 0 Å². The van der Waals surface area contributed by atoms with E-state index in [2.05, 4.69) is 22.2 Å². The van der Waals surface area contributed by atoms with E-state index >= 15 is 0 Å². The van der Waals surface area contributed by atoms with Gasteiger partial charge in [-0.1, -0.05) is 35.3 Å². The summed E-state index contributed by atoms with van der Waals surface area (Å²) >= 11 is 0. The summed E-state index contributed by atoms with van der Waals surface area (Å²) in [6, 6.07) is 14.6. The summed E-state index contributed by atoms with van der Waals surface area (Å²) in [7, 11) is 0. The van der Waals surface area contributed by atoms with Gasteiger partial charge in [-0.2, -0.15) is 0 Å². The molecule has 7 nitrogen and oxygen atoms in total. The van der Waals surface area contributed by atoms with Crippen LogP contribution >= 0.6 is 0 Å². The molecule has 0 aliphatic rings. The molecule has 0 amide bonds. The number of rotatable bonds is 4. The van der Waals surface area contributed by atoms with Crippen molar-refractivity contribution in [3.8, 4) is 11.8 Å². The van der Waals surface area contributed by atoms with Crippen molar-refractivity contribution < 1.29 is 9.53 Å². The van der Waals surface area contributed by atoms with Gasteiger partial charge in [-0.05, 0) is 62.1 Å². The Bertz CT molecular complexity index is 1400. The molecule has 166 valence electrons. The van der Waals surface area contributed by atoms with Crippen molar-refractivity contribution in [2.45, 2.75) is 39.5 Å². The fraction of sp³-hybridized carbons (Fsp3) is 0.231. The van der Waals surface area contributed by atoms with Crippen molar-refractivity contribution in [2.24, 2.45) is 0 Å². The third-order valence-corrected chi connectivity index (χ3v) is 4.87. The second-order valence-electron chi connectivity index (χ2n) is 8.65. The van der Waals surface area contributed by atoms with Crippen molar-refractivity contribution in [2.75, 3.05) is 0 Å². The molecule has 0 spiro atoms. The second-order valence-corrected chi connectivity index (χ2v) is 8.65. The smallest absolute Gasteiger partial charge is 0.338 e. The Labute approximate surface area is 191 Å². The van der Waals surface area contributed by atoms with Gasteiger partial charge in [0.25, 0.3) is 5.56 Å². The van der Waals surface area contributed by atoms with Gasteiger partial charge in [0, 0.05) is 23.3 Å². The summed E-state index contributed by atoms with van der Waals surface area (Å²) in [5.74, 6) is 5.74. The lowest BCUT2D eigenvalue weighted by Crippen LogP contribution is -2.24. The first-order chi connectivity index (χ1) is 15.8. The molecule has 2 aromatic carbocycles. The largest absolute Gasteiger partial charge is 0.456 e. The van der Waals surface area contributed by atoms with E-state index < -0.39 is 5.60 Å². The van der Waals surface area contributed by atoms with Gasteiger partial charge in [0.15, 0.2) is 0 Å². The van der Waals surface area contributed by atoms with Crippen LogP contribution in [0.2, 0.25) is 0 Å². The predicted octanol–water partition coefficient (Wildman–Crippen LogP) is 3.65. The highest BCUT2D eigenvalue weighted by atomic mass is 16.6.